The molecule has 0 bridgehead atoms. The minimum Gasteiger partial charge on any atom is -0.479 e. The standard InChI is InChI=1S/C15H15FN4O4/c16-11-3-1-2-10(6-11)7-20-8-12(17-18-20)14(21)19-4-5-24-13(9-19)15(22)23/h1-3,6,8,13H,4-5,7,9H2,(H,22,23). The fourth-order valence-corrected chi connectivity index (χ4v) is 2.44. The number of carbonyl (C=O) groups excluding carboxylic acids is 1. The van der Waals surface area contributed by atoms with Crippen molar-refractivity contribution in [1.82, 2.24) is 19.9 Å². The van der Waals surface area contributed by atoms with Crippen LogP contribution in [0.15, 0.2) is 30.5 Å². The van der Waals surface area contributed by atoms with E-state index < -0.39 is 18.0 Å². The molecule has 0 radical (unpaired) electrons. The quantitative estimate of drug-likeness (QED) is 0.869. The van der Waals surface area contributed by atoms with E-state index in [0.29, 0.717) is 12.1 Å². The number of carbonyl (C=O) groups is 2. The molecule has 0 aliphatic carbocycles. The van der Waals surface area contributed by atoms with Crippen LogP contribution in [0.25, 0.3) is 0 Å². The topological polar surface area (TPSA) is 97.6 Å². The maximum Gasteiger partial charge on any atom is 0.334 e. The zero-order chi connectivity index (χ0) is 17.1. The number of hydrogen-bond acceptors (Lipinski definition) is 5. The largest absolute Gasteiger partial charge is 0.479 e. The summed E-state index contributed by atoms with van der Waals surface area (Å²) in [4.78, 5) is 24.7. The number of hydrogen-bond donors (Lipinski definition) is 1. The van der Waals surface area contributed by atoms with E-state index in [2.05, 4.69) is 10.3 Å². The number of ether oxygens (including phenoxy) is 1. The molecule has 2 aromatic rings. The first-order valence-electron chi connectivity index (χ1n) is 7.31. The highest BCUT2D eigenvalue weighted by Crippen LogP contribution is 2.10. The minimum absolute atomic E-state index is 0.0368. The third kappa shape index (κ3) is 3.57. The molecule has 0 spiro atoms. The van der Waals surface area contributed by atoms with Crippen molar-refractivity contribution in [2.75, 3.05) is 19.7 Å². The molecule has 126 valence electrons. The van der Waals surface area contributed by atoms with Crippen LogP contribution in [-0.4, -0.2) is 62.7 Å². The molecule has 1 N–H and O–H groups in total. The predicted octanol–water partition coefficient (Wildman–Crippen LogP) is 0.391. The molecule has 1 aliphatic rings. The van der Waals surface area contributed by atoms with Gasteiger partial charge in [-0.2, -0.15) is 0 Å². The molecule has 24 heavy (non-hydrogen) atoms. The molecule has 1 aromatic heterocycles. The molecule has 1 aromatic carbocycles. The molecular weight excluding hydrogens is 319 g/mol. The third-order valence-corrected chi connectivity index (χ3v) is 3.62. The summed E-state index contributed by atoms with van der Waals surface area (Å²) in [6.07, 6.45) is 0.420. The Hall–Kier alpha value is -2.81. The number of benzene rings is 1. The highest BCUT2D eigenvalue weighted by Gasteiger charge is 2.30. The average molecular weight is 334 g/mol. The van der Waals surface area contributed by atoms with Crippen molar-refractivity contribution in [3.8, 4) is 0 Å². The molecule has 1 unspecified atom stereocenters. The number of aromatic nitrogens is 3. The Labute approximate surface area is 136 Å². The van der Waals surface area contributed by atoms with E-state index in [1.807, 2.05) is 0 Å². The lowest BCUT2D eigenvalue weighted by Gasteiger charge is -2.30. The number of nitrogens with zero attached hydrogens (tertiary/aromatic N) is 4. The Bertz CT molecular complexity index is 763. The van der Waals surface area contributed by atoms with Crippen LogP contribution in [0.2, 0.25) is 0 Å². The lowest BCUT2D eigenvalue weighted by Crippen LogP contribution is -2.48. The van der Waals surface area contributed by atoms with Crippen LogP contribution in [-0.2, 0) is 16.1 Å². The first-order valence-corrected chi connectivity index (χ1v) is 7.31. The Balaban J connectivity index is 1.68. The van der Waals surface area contributed by atoms with E-state index >= 15 is 0 Å². The maximum atomic E-state index is 13.2. The Morgan fingerprint density at radius 3 is 3.00 bits per heavy atom. The maximum absolute atomic E-state index is 13.2. The van der Waals surface area contributed by atoms with Crippen LogP contribution >= 0.6 is 0 Å². The monoisotopic (exact) mass is 334 g/mol. The number of carboxylic acid groups (broad SMARTS) is 1. The molecule has 2 heterocycles. The summed E-state index contributed by atoms with van der Waals surface area (Å²) in [5.41, 5.74) is 0.800. The Morgan fingerprint density at radius 1 is 1.42 bits per heavy atom. The molecule has 1 fully saturated rings. The van der Waals surface area contributed by atoms with Gasteiger partial charge in [-0.1, -0.05) is 17.3 Å². The van der Waals surface area contributed by atoms with E-state index in [9.17, 15) is 14.0 Å². The van der Waals surface area contributed by atoms with Crippen LogP contribution in [0.1, 0.15) is 16.1 Å². The fraction of sp³-hybridized carbons (Fsp3) is 0.333. The van der Waals surface area contributed by atoms with Crippen molar-refractivity contribution >= 4 is 11.9 Å². The normalized spacial score (nSPS) is 17.7. The summed E-state index contributed by atoms with van der Waals surface area (Å²) in [5.74, 6) is -1.87. The van der Waals surface area contributed by atoms with Crippen LogP contribution in [0.5, 0.6) is 0 Å². The smallest absolute Gasteiger partial charge is 0.334 e. The van der Waals surface area contributed by atoms with Crippen LogP contribution in [0.4, 0.5) is 4.39 Å². The van der Waals surface area contributed by atoms with Gasteiger partial charge in [-0.15, -0.1) is 5.10 Å². The van der Waals surface area contributed by atoms with Crippen LogP contribution in [0.3, 0.4) is 0 Å². The summed E-state index contributed by atoms with van der Waals surface area (Å²) in [6, 6.07) is 6.05. The van der Waals surface area contributed by atoms with Crippen LogP contribution < -0.4 is 0 Å². The number of morpholine rings is 1. The molecule has 8 nitrogen and oxygen atoms in total. The highest BCUT2D eigenvalue weighted by molar-refractivity contribution is 5.92. The second-order valence-corrected chi connectivity index (χ2v) is 5.38. The van der Waals surface area contributed by atoms with Gasteiger partial charge in [-0.3, -0.25) is 4.79 Å². The molecule has 1 saturated heterocycles. The van der Waals surface area contributed by atoms with Crippen molar-refractivity contribution in [2.24, 2.45) is 0 Å². The number of aliphatic carboxylic acids is 1. The van der Waals surface area contributed by atoms with E-state index in [-0.39, 0.29) is 31.2 Å². The summed E-state index contributed by atoms with van der Waals surface area (Å²) in [5, 5.41) is 16.7. The average Bonchev–Trinajstić information content (AvgIpc) is 3.02. The van der Waals surface area contributed by atoms with E-state index in [1.54, 1.807) is 12.1 Å². The lowest BCUT2D eigenvalue weighted by atomic mass is 10.2. The first kappa shape index (κ1) is 16.1. The van der Waals surface area contributed by atoms with Crippen molar-refractivity contribution in [2.45, 2.75) is 12.6 Å². The Kier molecular flexibility index (Phi) is 4.52. The second kappa shape index (κ2) is 6.75. The van der Waals surface area contributed by atoms with Crippen molar-refractivity contribution < 1.29 is 23.8 Å². The molecular formula is C15H15FN4O4. The predicted molar refractivity (Wildman–Crippen MR) is 78.8 cm³/mol. The summed E-state index contributed by atoms with van der Waals surface area (Å²) < 4.78 is 19.7. The first-order chi connectivity index (χ1) is 11.5. The molecule has 1 amide bonds. The van der Waals surface area contributed by atoms with Crippen molar-refractivity contribution in [3.63, 3.8) is 0 Å². The summed E-state index contributed by atoms with van der Waals surface area (Å²) >= 11 is 0. The second-order valence-electron chi connectivity index (χ2n) is 5.38. The van der Waals surface area contributed by atoms with Crippen LogP contribution in [0, 0.1) is 5.82 Å². The number of halogens is 1. The molecule has 1 atom stereocenters. The van der Waals surface area contributed by atoms with E-state index in [1.165, 1.54) is 27.9 Å². The van der Waals surface area contributed by atoms with Gasteiger partial charge < -0.3 is 14.7 Å². The summed E-state index contributed by atoms with van der Waals surface area (Å²) in [6.45, 7) is 0.684. The van der Waals surface area contributed by atoms with Gasteiger partial charge in [0.1, 0.15) is 5.82 Å². The number of amides is 1. The fourth-order valence-electron chi connectivity index (χ4n) is 2.44. The highest BCUT2D eigenvalue weighted by atomic mass is 19.1. The van der Waals surface area contributed by atoms with Gasteiger partial charge in [0, 0.05) is 6.54 Å². The van der Waals surface area contributed by atoms with Gasteiger partial charge in [0.2, 0.25) is 0 Å². The zero-order valence-electron chi connectivity index (χ0n) is 12.6. The van der Waals surface area contributed by atoms with E-state index in [0.717, 1.165) is 0 Å². The van der Waals surface area contributed by atoms with Crippen molar-refractivity contribution in [3.05, 3.63) is 47.5 Å². The molecule has 1 aliphatic heterocycles. The van der Waals surface area contributed by atoms with Crippen molar-refractivity contribution in [1.29, 1.82) is 0 Å². The van der Waals surface area contributed by atoms with Gasteiger partial charge in [-0.05, 0) is 17.7 Å². The molecule has 3 rings (SSSR count). The zero-order valence-corrected chi connectivity index (χ0v) is 12.6. The number of rotatable bonds is 4. The minimum atomic E-state index is -1.11. The van der Waals surface area contributed by atoms with Gasteiger partial charge in [0.25, 0.3) is 5.91 Å². The molecule has 0 saturated carbocycles. The lowest BCUT2D eigenvalue weighted by molar-refractivity contribution is -0.154. The third-order valence-electron chi connectivity index (χ3n) is 3.62. The van der Waals surface area contributed by atoms with Gasteiger partial charge >= 0.3 is 5.97 Å². The number of carboxylic acids is 1. The Morgan fingerprint density at radius 2 is 2.25 bits per heavy atom. The summed E-state index contributed by atoms with van der Waals surface area (Å²) in [7, 11) is 0. The molecule has 9 heteroatoms. The van der Waals surface area contributed by atoms with Gasteiger partial charge in [-0.25, -0.2) is 13.9 Å². The van der Waals surface area contributed by atoms with Gasteiger partial charge in [0.15, 0.2) is 11.8 Å². The SMILES string of the molecule is O=C(O)C1CN(C(=O)c2cn(Cc3cccc(F)c3)nn2)CCO1. The van der Waals surface area contributed by atoms with E-state index in [4.69, 9.17) is 9.84 Å². The van der Waals surface area contributed by atoms with Gasteiger partial charge in [0.05, 0.1) is 25.9 Å².